The van der Waals surface area contributed by atoms with Gasteiger partial charge in [0.15, 0.2) is 5.69 Å². The minimum absolute atomic E-state index is 0.122. The van der Waals surface area contributed by atoms with E-state index in [0.717, 1.165) is 21.6 Å². The van der Waals surface area contributed by atoms with Gasteiger partial charge in [-0.15, -0.1) is 5.10 Å². The number of alkyl halides is 2. The molecule has 1 aliphatic heterocycles. The van der Waals surface area contributed by atoms with Crippen LogP contribution >= 0.6 is 0 Å². The second kappa shape index (κ2) is 6.08. The monoisotopic (exact) mass is 344 g/mol. The highest BCUT2D eigenvalue weighted by Gasteiger charge is 2.27. The lowest BCUT2D eigenvalue weighted by Crippen LogP contribution is -2.31. The van der Waals surface area contributed by atoms with Crippen molar-refractivity contribution in [1.82, 2.24) is 24.8 Å². The Morgan fingerprint density at radius 2 is 2.04 bits per heavy atom. The van der Waals surface area contributed by atoms with Crippen LogP contribution in [0.2, 0.25) is 0 Å². The van der Waals surface area contributed by atoms with Crippen molar-refractivity contribution >= 4 is 11.6 Å². The quantitative estimate of drug-likeness (QED) is 0.728. The van der Waals surface area contributed by atoms with Crippen LogP contribution in [-0.2, 0) is 19.6 Å². The number of hydrogen-bond donors (Lipinski definition) is 0. The van der Waals surface area contributed by atoms with Crippen LogP contribution < -0.4 is 4.90 Å². The fraction of sp³-hybridized carbons (Fsp3) is 0.250. The second-order valence-corrected chi connectivity index (χ2v) is 5.72. The van der Waals surface area contributed by atoms with Gasteiger partial charge in [0.05, 0.1) is 25.0 Å². The number of amides is 1. The van der Waals surface area contributed by atoms with Crippen LogP contribution in [0.5, 0.6) is 0 Å². The van der Waals surface area contributed by atoms with Gasteiger partial charge in [0.25, 0.3) is 12.3 Å². The van der Waals surface area contributed by atoms with Crippen LogP contribution in [0.4, 0.5) is 14.5 Å². The Labute approximate surface area is 141 Å². The van der Waals surface area contributed by atoms with Gasteiger partial charge in [0, 0.05) is 11.9 Å². The Bertz CT molecular complexity index is 919. The first-order chi connectivity index (χ1) is 12.1. The van der Waals surface area contributed by atoms with Crippen LogP contribution in [0.1, 0.15) is 21.7 Å². The fourth-order valence-corrected chi connectivity index (χ4v) is 2.89. The molecule has 128 valence electrons. The van der Waals surface area contributed by atoms with E-state index >= 15 is 0 Å². The van der Waals surface area contributed by atoms with Crippen LogP contribution in [-0.4, -0.2) is 37.1 Å². The average molecular weight is 344 g/mol. The summed E-state index contributed by atoms with van der Waals surface area (Å²) in [5.41, 5.74) is 2.58. The number of aromatic nitrogens is 5. The third kappa shape index (κ3) is 2.88. The molecule has 1 amide bonds. The first-order valence-electron chi connectivity index (χ1n) is 7.70. The number of benzene rings is 1. The van der Waals surface area contributed by atoms with Crippen LogP contribution in [0.3, 0.4) is 0 Å². The number of carbonyl (C=O) groups excluding carboxylic acids is 1. The van der Waals surface area contributed by atoms with Crippen LogP contribution in [0.25, 0.3) is 0 Å². The Hall–Kier alpha value is -3.10. The third-order valence-corrected chi connectivity index (χ3v) is 4.05. The first-order valence-corrected chi connectivity index (χ1v) is 7.70. The standard InChI is InChI=1S/C16H14F2N6O/c17-15(18)10-22-6-5-13(20-22)16(25)23-9-12-7-19-21-24(12)8-11-3-1-2-4-14(11)23/h1-7,15H,8-10H2. The maximum atomic E-state index is 13.0. The zero-order chi connectivity index (χ0) is 17.4. The van der Waals surface area contributed by atoms with Crippen molar-refractivity contribution in [3.8, 4) is 0 Å². The molecule has 25 heavy (non-hydrogen) atoms. The summed E-state index contributed by atoms with van der Waals surface area (Å²) in [6.45, 7) is 0.250. The van der Waals surface area contributed by atoms with Crippen molar-refractivity contribution in [3.63, 3.8) is 0 Å². The molecule has 1 aromatic carbocycles. The largest absolute Gasteiger partial charge is 0.301 e. The molecule has 3 heterocycles. The van der Waals surface area contributed by atoms with E-state index in [1.54, 1.807) is 15.8 Å². The van der Waals surface area contributed by atoms with E-state index < -0.39 is 13.0 Å². The van der Waals surface area contributed by atoms with Crippen molar-refractivity contribution in [1.29, 1.82) is 0 Å². The first kappa shape index (κ1) is 15.4. The third-order valence-electron chi connectivity index (χ3n) is 4.05. The summed E-state index contributed by atoms with van der Waals surface area (Å²) in [6, 6.07) is 8.96. The van der Waals surface area contributed by atoms with Crippen molar-refractivity contribution < 1.29 is 13.6 Å². The van der Waals surface area contributed by atoms with Gasteiger partial charge in [-0.2, -0.15) is 5.10 Å². The Balaban J connectivity index is 1.71. The molecule has 0 radical (unpaired) electrons. The number of rotatable bonds is 3. The summed E-state index contributed by atoms with van der Waals surface area (Å²) < 4.78 is 27.8. The Morgan fingerprint density at radius 3 is 2.88 bits per heavy atom. The highest BCUT2D eigenvalue weighted by molar-refractivity contribution is 6.05. The van der Waals surface area contributed by atoms with Gasteiger partial charge in [-0.1, -0.05) is 23.4 Å². The molecule has 0 unspecified atom stereocenters. The van der Waals surface area contributed by atoms with E-state index in [9.17, 15) is 13.6 Å². The van der Waals surface area contributed by atoms with Gasteiger partial charge in [0.2, 0.25) is 0 Å². The van der Waals surface area contributed by atoms with Gasteiger partial charge < -0.3 is 4.90 Å². The molecular formula is C16H14F2N6O. The van der Waals surface area contributed by atoms with Gasteiger partial charge in [-0.05, 0) is 17.7 Å². The molecular weight excluding hydrogens is 330 g/mol. The number of anilines is 1. The number of para-hydroxylation sites is 1. The highest BCUT2D eigenvalue weighted by Crippen LogP contribution is 2.27. The molecule has 0 saturated heterocycles. The number of carbonyl (C=O) groups is 1. The van der Waals surface area contributed by atoms with E-state index in [4.69, 9.17) is 0 Å². The maximum absolute atomic E-state index is 13.0. The zero-order valence-corrected chi connectivity index (χ0v) is 13.1. The summed E-state index contributed by atoms with van der Waals surface area (Å²) in [5.74, 6) is -0.352. The lowest BCUT2D eigenvalue weighted by molar-refractivity contribution is 0.0973. The number of nitrogens with zero attached hydrogens (tertiary/aromatic N) is 6. The summed E-state index contributed by atoms with van der Waals surface area (Å²) in [5, 5.41) is 11.9. The van der Waals surface area contributed by atoms with Crippen molar-refractivity contribution in [3.05, 3.63) is 59.7 Å². The summed E-state index contributed by atoms with van der Waals surface area (Å²) in [6.07, 6.45) is 0.471. The molecule has 0 N–H and O–H groups in total. The topological polar surface area (TPSA) is 68.8 Å². The molecule has 2 aromatic heterocycles. The van der Waals surface area contributed by atoms with Crippen LogP contribution in [0.15, 0.2) is 42.7 Å². The van der Waals surface area contributed by atoms with Gasteiger partial charge >= 0.3 is 0 Å². The van der Waals surface area contributed by atoms with Gasteiger partial charge in [-0.25, -0.2) is 13.5 Å². The highest BCUT2D eigenvalue weighted by atomic mass is 19.3. The predicted octanol–water partition coefficient (Wildman–Crippen LogP) is 1.95. The second-order valence-electron chi connectivity index (χ2n) is 5.72. The predicted molar refractivity (Wildman–Crippen MR) is 84.3 cm³/mol. The minimum atomic E-state index is -2.53. The van der Waals surface area contributed by atoms with Gasteiger partial charge in [-0.3, -0.25) is 9.48 Å². The molecule has 0 saturated carbocycles. The summed E-state index contributed by atoms with van der Waals surface area (Å²) in [4.78, 5) is 14.5. The summed E-state index contributed by atoms with van der Waals surface area (Å²) in [7, 11) is 0. The lowest BCUT2D eigenvalue weighted by Gasteiger charge is -2.21. The molecule has 1 aliphatic rings. The smallest absolute Gasteiger partial charge is 0.279 e. The zero-order valence-electron chi connectivity index (χ0n) is 13.1. The molecule has 4 rings (SSSR count). The minimum Gasteiger partial charge on any atom is -0.301 e. The molecule has 3 aromatic rings. The maximum Gasteiger partial charge on any atom is 0.279 e. The fourth-order valence-electron chi connectivity index (χ4n) is 2.89. The van der Waals surface area contributed by atoms with Crippen LogP contribution in [0, 0.1) is 0 Å². The van der Waals surface area contributed by atoms with E-state index in [2.05, 4.69) is 15.4 Å². The molecule has 0 fully saturated rings. The normalized spacial score (nSPS) is 13.5. The van der Waals surface area contributed by atoms with Crippen molar-refractivity contribution in [2.75, 3.05) is 4.90 Å². The van der Waals surface area contributed by atoms with E-state index in [-0.39, 0.29) is 18.1 Å². The molecule has 0 atom stereocenters. The molecule has 0 bridgehead atoms. The lowest BCUT2D eigenvalue weighted by atomic mass is 10.1. The Morgan fingerprint density at radius 1 is 1.20 bits per heavy atom. The van der Waals surface area contributed by atoms with Crippen molar-refractivity contribution in [2.24, 2.45) is 0 Å². The SMILES string of the molecule is O=C(c1ccn(CC(F)F)n1)N1Cc2cnnn2Cc2ccccc21. The molecule has 7 nitrogen and oxygen atoms in total. The molecule has 0 spiro atoms. The summed E-state index contributed by atoms with van der Waals surface area (Å²) >= 11 is 0. The number of halogens is 2. The van der Waals surface area contributed by atoms with E-state index in [1.165, 1.54) is 12.3 Å². The average Bonchev–Trinajstić information content (AvgIpc) is 3.19. The number of fused-ring (bicyclic) bond motifs is 2. The number of hydrogen-bond acceptors (Lipinski definition) is 4. The van der Waals surface area contributed by atoms with E-state index in [0.29, 0.717) is 6.54 Å². The molecule has 0 aliphatic carbocycles. The Kier molecular flexibility index (Phi) is 3.75. The van der Waals surface area contributed by atoms with Crippen molar-refractivity contribution in [2.45, 2.75) is 26.1 Å². The van der Waals surface area contributed by atoms with E-state index in [1.807, 2.05) is 24.3 Å². The van der Waals surface area contributed by atoms with Gasteiger partial charge in [0.1, 0.15) is 6.54 Å². The molecule has 9 heteroatoms.